The summed E-state index contributed by atoms with van der Waals surface area (Å²) in [6, 6.07) is -0.0688. The highest BCUT2D eigenvalue weighted by Crippen LogP contribution is 2.33. The number of nitrogens with one attached hydrogen (secondary N) is 1. The Bertz CT molecular complexity index is 308. The lowest BCUT2D eigenvalue weighted by molar-refractivity contribution is -0.122. The summed E-state index contributed by atoms with van der Waals surface area (Å²) < 4.78 is 5.47. The molecule has 2 aliphatic rings. The third kappa shape index (κ3) is 4.17. The van der Waals surface area contributed by atoms with Crippen LogP contribution in [0.15, 0.2) is 0 Å². The van der Waals surface area contributed by atoms with Crippen LogP contribution in [0, 0.1) is 0 Å². The highest BCUT2D eigenvalue weighted by atomic mass is 16.5. The fourth-order valence-corrected chi connectivity index (χ4v) is 3.48. The molecule has 1 saturated heterocycles. The van der Waals surface area contributed by atoms with E-state index in [0.717, 1.165) is 32.8 Å². The number of amides is 1. The Kier molecular flexibility index (Phi) is 5.81. The molecule has 1 atom stereocenters. The SMILES string of the molecule is CC(N)CC(=O)NCC1(N2CCOCC2)CCCCC1. The minimum atomic E-state index is -0.0688. The second kappa shape index (κ2) is 7.38. The van der Waals surface area contributed by atoms with Gasteiger partial charge >= 0.3 is 0 Å². The molecule has 0 aromatic heterocycles. The number of nitrogens with two attached hydrogens (primary N) is 1. The first-order valence-corrected chi connectivity index (χ1v) is 7.97. The molecular weight excluding hydrogens is 254 g/mol. The first kappa shape index (κ1) is 15.7. The fourth-order valence-electron chi connectivity index (χ4n) is 3.48. The quantitative estimate of drug-likeness (QED) is 0.786. The van der Waals surface area contributed by atoms with Gasteiger partial charge in [-0.2, -0.15) is 0 Å². The maximum absolute atomic E-state index is 11.9. The molecule has 3 N–H and O–H groups in total. The molecule has 1 aliphatic heterocycles. The average Bonchev–Trinajstić information content (AvgIpc) is 2.46. The van der Waals surface area contributed by atoms with E-state index in [2.05, 4.69) is 10.2 Å². The van der Waals surface area contributed by atoms with Gasteiger partial charge in [-0.1, -0.05) is 19.3 Å². The molecule has 0 aromatic rings. The fraction of sp³-hybridized carbons (Fsp3) is 0.933. The summed E-state index contributed by atoms with van der Waals surface area (Å²) in [6.45, 7) is 6.24. The number of nitrogens with zero attached hydrogens (tertiary/aromatic N) is 1. The molecule has 1 saturated carbocycles. The number of carbonyl (C=O) groups excluding carboxylic acids is 1. The molecule has 1 heterocycles. The number of carbonyl (C=O) groups is 1. The van der Waals surface area contributed by atoms with Crippen molar-refractivity contribution in [3.05, 3.63) is 0 Å². The average molecular weight is 283 g/mol. The van der Waals surface area contributed by atoms with Gasteiger partial charge in [0.1, 0.15) is 0 Å². The summed E-state index contributed by atoms with van der Waals surface area (Å²) in [4.78, 5) is 14.4. The van der Waals surface area contributed by atoms with E-state index in [4.69, 9.17) is 10.5 Å². The van der Waals surface area contributed by atoms with Crippen LogP contribution in [0.4, 0.5) is 0 Å². The van der Waals surface area contributed by atoms with E-state index < -0.39 is 0 Å². The Labute approximate surface area is 122 Å². The number of rotatable bonds is 5. The van der Waals surface area contributed by atoms with Gasteiger partial charge in [-0.05, 0) is 19.8 Å². The van der Waals surface area contributed by atoms with Crippen LogP contribution < -0.4 is 11.1 Å². The standard InChI is InChI=1S/C15H29N3O2/c1-13(16)11-14(19)17-12-15(5-3-2-4-6-15)18-7-9-20-10-8-18/h13H,2-12,16H2,1H3,(H,17,19). The minimum Gasteiger partial charge on any atom is -0.379 e. The Morgan fingerprint density at radius 1 is 1.30 bits per heavy atom. The van der Waals surface area contributed by atoms with E-state index in [0.29, 0.717) is 6.42 Å². The lowest BCUT2D eigenvalue weighted by Gasteiger charge is -2.48. The zero-order valence-corrected chi connectivity index (χ0v) is 12.7. The summed E-state index contributed by atoms with van der Waals surface area (Å²) in [6.07, 6.45) is 6.64. The van der Waals surface area contributed by atoms with Crippen molar-refractivity contribution in [2.75, 3.05) is 32.8 Å². The molecule has 0 spiro atoms. The van der Waals surface area contributed by atoms with Crippen molar-refractivity contribution in [1.29, 1.82) is 0 Å². The van der Waals surface area contributed by atoms with Gasteiger partial charge in [0.2, 0.25) is 5.91 Å². The van der Waals surface area contributed by atoms with Crippen LogP contribution in [0.5, 0.6) is 0 Å². The van der Waals surface area contributed by atoms with Gasteiger partial charge in [0, 0.05) is 37.6 Å². The topological polar surface area (TPSA) is 67.6 Å². The molecule has 0 bridgehead atoms. The maximum atomic E-state index is 11.9. The molecule has 1 aliphatic carbocycles. The summed E-state index contributed by atoms with van der Waals surface area (Å²) >= 11 is 0. The highest BCUT2D eigenvalue weighted by Gasteiger charge is 2.38. The molecule has 0 radical (unpaired) electrons. The van der Waals surface area contributed by atoms with Gasteiger partial charge in [0.05, 0.1) is 13.2 Å². The second-order valence-electron chi connectivity index (χ2n) is 6.34. The van der Waals surface area contributed by atoms with Gasteiger partial charge in [-0.15, -0.1) is 0 Å². The van der Waals surface area contributed by atoms with Gasteiger partial charge in [0.25, 0.3) is 0 Å². The Balaban J connectivity index is 1.94. The minimum absolute atomic E-state index is 0.0688. The third-order valence-corrected chi connectivity index (χ3v) is 4.59. The zero-order chi connectivity index (χ0) is 14.4. The van der Waals surface area contributed by atoms with Crippen molar-refractivity contribution in [3.8, 4) is 0 Å². The number of ether oxygens (including phenoxy) is 1. The Hall–Kier alpha value is -0.650. The van der Waals surface area contributed by atoms with E-state index in [9.17, 15) is 4.79 Å². The van der Waals surface area contributed by atoms with Gasteiger partial charge < -0.3 is 15.8 Å². The van der Waals surface area contributed by atoms with Crippen LogP contribution in [-0.4, -0.2) is 55.2 Å². The van der Waals surface area contributed by atoms with E-state index in [1.807, 2.05) is 6.92 Å². The first-order chi connectivity index (χ1) is 9.62. The van der Waals surface area contributed by atoms with Crippen molar-refractivity contribution in [2.45, 2.75) is 57.0 Å². The number of hydrogen-bond donors (Lipinski definition) is 2. The summed E-state index contributed by atoms with van der Waals surface area (Å²) in [5.74, 6) is 0.0817. The van der Waals surface area contributed by atoms with E-state index in [1.54, 1.807) is 0 Å². The molecular formula is C15H29N3O2. The predicted molar refractivity (Wildman–Crippen MR) is 79.5 cm³/mol. The molecule has 1 amide bonds. The lowest BCUT2D eigenvalue weighted by atomic mass is 9.79. The van der Waals surface area contributed by atoms with Crippen molar-refractivity contribution in [1.82, 2.24) is 10.2 Å². The monoisotopic (exact) mass is 283 g/mol. The number of hydrogen-bond acceptors (Lipinski definition) is 4. The predicted octanol–water partition coefficient (Wildman–Crippen LogP) is 0.875. The van der Waals surface area contributed by atoms with Gasteiger partial charge in [-0.3, -0.25) is 9.69 Å². The van der Waals surface area contributed by atoms with Crippen molar-refractivity contribution >= 4 is 5.91 Å². The van der Waals surface area contributed by atoms with Crippen LogP contribution in [0.2, 0.25) is 0 Å². The molecule has 2 rings (SSSR count). The molecule has 116 valence electrons. The normalized spacial score (nSPS) is 25.1. The van der Waals surface area contributed by atoms with Crippen LogP contribution in [-0.2, 0) is 9.53 Å². The molecule has 20 heavy (non-hydrogen) atoms. The van der Waals surface area contributed by atoms with Crippen LogP contribution in [0.1, 0.15) is 45.4 Å². The highest BCUT2D eigenvalue weighted by molar-refractivity contribution is 5.76. The van der Waals surface area contributed by atoms with E-state index in [1.165, 1.54) is 32.1 Å². The molecule has 1 unspecified atom stereocenters. The molecule has 5 nitrogen and oxygen atoms in total. The van der Waals surface area contributed by atoms with Gasteiger partial charge in [0.15, 0.2) is 0 Å². The molecule has 5 heteroatoms. The first-order valence-electron chi connectivity index (χ1n) is 7.97. The summed E-state index contributed by atoms with van der Waals surface area (Å²) in [7, 11) is 0. The largest absolute Gasteiger partial charge is 0.379 e. The molecule has 0 aromatic carbocycles. The Morgan fingerprint density at radius 3 is 2.55 bits per heavy atom. The van der Waals surface area contributed by atoms with Crippen LogP contribution >= 0.6 is 0 Å². The van der Waals surface area contributed by atoms with E-state index in [-0.39, 0.29) is 17.5 Å². The van der Waals surface area contributed by atoms with Gasteiger partial charge in [-0.25, -0.2) is 0 Å². The summed E-state index contributed by atoms with van der Waals surface area (Å²) in [5, 5.41) is 3.12. The lowest BCUT2D eigenvalue weighted by Crippen LogP contribution is -2.59. The van der Waals surface area contributed by atoms with E-state index >= 15 is 0 Å². The Morgan fingerprint density at radius 2 is 1.95 bits per heavy atom. The maximum Gasteiger partial charge on any atom is 0.221 e. The number of morpholine rings is 1. The smallest absolute Gasteiger partial charge is 0.221 e. The second-order valence-corrected chi connectivity index (χ2v) is 6.34. The zero-order valence-electron chi connectivity index (χ0n) is 12.7. The van der Waals surface area contributed by atoms with Crippen LogP contribution in [0.25, 0.3) is 0 Å². The summed E-state index contributed by atoms with van der Waals surface area (Å²) in [5.41, 5.74) is 5.84. The van der Waals surface area contributed by atoms with Crippen molar-refractivity contribution in [2.24, 2.45) is 5.73 Å². The van der Waals surface area contributed by atoms with Crippen molar-refractivity contribution < 1.29 is 9.53 Å². The van der Waals surface area contributed by atoms with Crippen LogP contribution in [0.3, 0.4) is 0 Å². The van der Waals surface area contributed by atoms with Crippen molar-refractivity contribution in [3.63, 3.8) is 0 Å². The molecule has 2 fully saturated rings. The third-order valence-electron chi connectivity index (χ3n) is 4.59.